The van der Waals surface area contributed by atoms with Crippen molar-refractivity contribution in [3.8, 4) is 0 Å². The number of anilines is 2. The lowest BCUT2D eigenvalue weighted by Crippen LogP contribution is -2.54. The minimum Gasteiger partial charge on any atom is -0.458 e. The molecular formula is C73H102F2N6O17. The molecule has 0 unspecified atom stereocenters. The van der Waals surface area contributed by atoms with Crippen LogP contribution in [0.1, 0.15) is 137 Å². The molecule has 4 fully saturated rings. The maximum Gasteiger partial charge on any atom is 0.410 e. The second-order valence-electron chi connectivity index (χ2n) is 28.6. The third kappa shape index (κ3) is 23.9. The average molecular weight is 1370 g/mol. The molecule has 0 bridgehead atoms. The summed E-state index contributed by atoms with van der Waals surface area (Å²) in [6, 6.07) is 17.7. The molecule has 0 spiro atoms. The minimum absolute atomic E-state index is 0.0389. The number of nitrogens with zero attached hydrogens (tertiary/aromatic N) is 6. The summed E-state index contributed by atoms with van der Waals surface area (Å²) in [5, 5.41) is 0. The number of esters is 5. The van der Waals surface area contributed by atoms with Gasteiger partial charge in [-0.3, -0.25) is 19.3 Å². The smallest absolute Gasteiger partial charge is 0.410 e. The minimum atomic E-state index is -2.15. The van der Waals surface area contributed by atoms with Gasteiger partial charge in [0.2, 0.25) is 0 Å². The van der Waals surface area contributed by atoms with Crippen LogP contribution in [0.3, 0.4) is 0 Å². The van der Waals surface area contributed by atoms with E-state index in [2.05, 4.69) is 9.80 Å². The molecule has 0 N–H and O–H groups in total. The fourth-order valence-electron chi connectivity index (χ4n) is 11.6. The van der Waals surface area contributed by atoms with E-state index in [-0.39, 0.29) is 57.0 Å². The molecule has 4 amide bonds. The lowest BCUT2D eigenvalue weighted by molar-refractivity contribution is -0.176. The Bertz CT molecular complexity index is 3170. The van der Waals surface area contributed by atoms with Gasteiger partial charge in [0.15, 0.2) is 24.4 Å². The van der Waals surface area contributed by atoms with Gasteiger partial charge in [0.25, 0.3) is 17.7 Å². The third-order valence-corrected chi connectivity index (χ3v) is 17.9. The van der Waals surface area contributed by atoms with Gasteiger partial charge in [-0.1, -0.05) is 80.3 Å². The van der Waals surface area contributed by atoms with Crippen molar-refractivity contribution >= 4 is 65.0 Å². The lowest BCUT2D eigenvalue weighted by Gasteiger charge is -2.35. The largest absolute Gasteiger partial charge is 0.458 e. The summed E-state index contributed by atoms with van der Waals surface area (Å²) in [6.45, 7) is 17.3. The van der Waals surface area contributed by atoms with E-state index in [1.807, 2.05) is 30.3 Å². The maximum absolute atomic E-state index is 16.1. The summed E-state index contributed by atoms with van der Waals surface area (Å²) in [4.78, 5) is 138. The Labute approximate surface area is 575 Å². The number of ether oxygens (including phenoxy) is 8. The number of alkyl halides is 2. The number of benzene rings is 3. The first-order valence-corrected chi connectivity index (χ1v) is 34.1. The highest BCUT2D eigenvalue weighted by Gasteiger charge is 2.45. The van der Waals surface area contributed by atoms with Crippen LogP contribution in [-0.4, -0.2) is 220 Å². The second-order valence-corrected chi connectivity index (χ2v) is 28.6. The fourth-order valence-corrected chi connectivity index (χ4v) is 11.6. The van der Waals surface area contributed by atoms with E-state index in [0.717, 1.165) is 43.8 Å². The first-order chi connectivity index (χ1) is 46.1. The molecule has 2 aliphatic carbocycles. The van der Waals surface area contributed by atoms with Crippen LogP contribution < -0.4 is 9.80 Å². The molecule has 540 valence electrons. The van der Waals surface area contributed by atoms with E-state index in [9.17, 15) is 33.6 Å². The molecule has 8 atom stereocenters. The molecule has 2 saturated carbocycles. The molecule has 0 radical (unpaired) electrons. The summed E-state index contributed by atoms with van der Waals surface area (Å²) >= 11 is 0. The summed E-state index contributed by atoms with van der Waals surface area (Å²) in [5.41, 5.74) is -1.29. The van der Waals surface area contributed by atoms with Gasteiger partial charge < -0.3 is 62.4 Å². The van der Waals surface area contributed by atoms with E-state index >= 15 is 18.4 Å². The Hall–Kier alpha value is -7.93. The van der Waals surface area contributed by atoms with Crippen molar-refractivity contribution in [3.05, 3.63) is 95.6 Å². The SMILES string of the molecule is C[C@@H](OC(=O)[C@H](CC1CC1)N(C)C(=O)[C@@H](Cc1ccc(N2CCOCC2)cc1)OC(=O)[C@H](CC(C)(C)F)N(C)C(=O)[C@@H](C)OC(=O)[C@H](CC1CC1)N(C)C(=O)[C@@H](Cc1ccc(N2CCOCC2)cc1)OC(=O)[C@H](CCC(C)(C)F)N(C)C(=O)OC(C)(C)C)C(=O)OCc1ccccc1. The number of morpholine rings is 2. The van der Waals surface area contributed by atoms with Crippen molar-refractivity contribution in [2.45, 2.75) is 205 Å². The molecule has 25 heteroatoms. The molecule has 23 nitrogen and oxygen atoms in total. The number of carbonyl (C=O) groups is 9. The molecule has 3 aromatic rings. The summed E-state index contributed by atoms with van der Waals surface area (Å²) in [6.07, 6.45) is -5.54. The highest BCUT2D eigenvalue weighted by atomic mass is 19.1. The second kappa shape index (κ2) is 34.7. The third-order valence-electron chi connectivity index (χ3n) is 17.9. The van der Waals surface area contributed by atoms with Crippen LogP contribution in [0.15, 0.2) is 78.9 Å². The predicted octanol–water partition coefficient (Wildman–Crippen LogP) is 8.56. The van der Waals surface area contributed by atoms with Crippen molar-refractivity contribution in [1.29, 1.82) is 0 Å². The fraction of sp³-hybridized carbons (Fsp3) is 0.630. The molecule has 4 aliphatic rings. The molecule has 7 rings (SSSR count). The number of likely N-dealkylation sites (N-methyl/N-ethyl adjacent to an activating group) is 4. The highest BCUT2D eigenvalue weighted by molar-refractivity contribution is 5.93. The van der Waals surface area contributed by atoms with Gasteiger partial charge >= 0.3 is 35.9 Å². The first kappa shape index (κ1) is 77.4. The monoisotopic (exact) mass is 1370 g/mol. The van der Waals surface area contributed by atoms with E-state index in [1.165, 1.54) is 69.7 Å². The molecule has 98 heavy (non-hydrogen) atoms. The van der Waals surface area contributed by atoms with Crippen LogP contribution in [0.4, 0.5) is 25.0 Å². The molecule has 2 aliphatic heterocycles. The lowest BCUT2D eigenvalue weighted by atomic mass is 9.99. The van der Waals surface area contributed by atoms with Gasteiger partial charge in [-0.25, -0.2) is 37.5 Å². The zero-order chi connectivity index (χ0) is 71.8. The van der Waals surface area contributed by atoms with E-state index in [0.29, 0.717) is 82.1 Å². The quantitative estimate of drug-likeness (QED) is 0.0409. The van der Waals surface area contributed by atoms with Gasteiger partial charge in [0, 0.05) is 85.0 Å². The number of hydrogen-bond donors (Lipinski definition) is 0. The summed E-state index contributed by atoms with van der Waals surface area (Å²) < 4.78 is 77.3. The number of halogens is 2. The normalized spacial score (nSPS) is 17.6. The van der Waals surface area contributed by atoms with Crippen LogP contribution in [0, 0.1) is 11.8 Å². The van der Waals surface area contributed by atoms with E-state index < -0.39 is 126 Å². The zero-order valence-corrected chi connectivity index (χ0v) is 59.3. The van der Waals surface area contributed by atoms with Crippen LogP contribution in [0.25, 0.3) is 0 Å². The van der Waals surface area contributed by atoms with Crippen molar-refractivity contribution in [2.24, 2.45) is 11.8 Å². The first-order valence-electron chi connectivity index (χ1n) is 34.1. The molecule has 2 saturated heterocycles. The van der Waals surface area contributed by atoms with Gasteiger partial charge in [0.05, 0.1) is 26.4 Å². The summed E-state index contributed by atoms with van der Waals surface area (Å²) in [5.74, 6) is -7.60. The van der Waals surface area contributed by atoms with E-state index in [4.69, 9.17) is 37.9 Å². The van der Waals surface area contributed by atoms with Gasteiger partial charge in [-0.05, 0) is 141 Å². The van der Waals surface area contributed by atoms with Crippen LogP contribution in [-0.2, 0) is 95.7 Å². The van der Waals surface area contributed by atoms with Gasteiger partial charge in [0.1, 0.15) is 47.7 Å². The predicted molar refractivity (Wildman–Crippen MR) is 360 cm³/mol. The average Bonchev–Trinajstić information content (AvgIpc) is 0.968. The number of hydrogen-bond acceptors (Lipinski definition) is 19. The van der Waals surface area contributed by atoms with Crippen LogP contribution in [0.5, 0.6) is 0 Å². The zero-order valence-electron chi connectivity index (χ0n) is 59.3. The van der Waals surface area contributed by atoms with Gasteiger partial charge in [-0.15, -0.1) is 0 Å². The van der Waals surface area contributed by atoms with E-state index in [1.54, 1.807) is 69.3 Å². The Morgan fingerprint density at radius 1 is 0.490 bits per heavy atom. The standard InChI is InChI=1S/C73H102F2N6O17/c1-47(94-67(87)57(41-49-19-20-49)76(10)63(83)60(43-51-23-27-54(28-24-51)80-33-37-91-38-34-80)96-66(86)56(31-32-72(6,7)74)79(13)70(90)98-71(3,4)5)62(82)78(12)59(45-73(8,9)75)69(89)97-61(44-52-25-29-55(30-26-52)81-35-39-92-40-36-81)64(84)77(11)58(42-50-21-22-50)68(88)95-48(2)65(85)93-46-53-17-15-14-16-18-53/h14-18,23-30,47-50,56-61H,19-22,31-46H2,1-13H3/t47-,48-,56+,57+,58+,59+,60-,61-/m1/s1. The van der Waals surface area contributed by atoms with Crippen LogP contribution in [0.2, 0.25) is 0 Å². The number of amides is 4. The maximum atomic E-state index is 16.1. The topological polar surface area (TPSA) is 247 Å². The highest BCUT2D eigenvalue weighted by Crippen LogP contribution is 2.37. The van der Waals surface area contributed by atoms with Crippen molar-refractivity contribution < 1.29 is 89.8 Å². The van der Waals surface area contributed by atoms with Crippen molar-refractivity contribution in [1.82, 2.24) is 19.6 Å². The van der Waals surface area contributed by atoms with Crippen molar-refractivity contribution in [3.63, 3.8) is 0 Å². The Kier molecular flexibility index (Phi) is 27.4. The molecule has 2 heterocycles. The Morgan fingerprint density at radius 3 is 1.31 bits per heavy atom. The van der Waals surface area contributed by atoms with Crippen LogP contribution >= 0.6 is 0 Å². The molecular weight excluding hydrogens is 1270 g/mol. The number of rotatable bonds is 33. The molecule has 0 aromatic heterocycles. The van der Waals surface area contributed by atoms with Gasteiger partial charge in [-0.2, -0.15) is 0 Å². The van der Waals surface area contributed by atoms with Crippen molar-refractivity contribution in [2.75, 3.05) is 90.6 Å². The molecule has 3 aromatic carbocycles. The Morgan fingerprint density at radius 2 is 0.898 bits per heavy atom. The Balaban J connectivity index is 1.12. The summed E-state index contributed by atoms with van der Waals surface area (Å²) in [7, 11) is 5.24. The number of carbonyl (C=O) groups excluding carboxylic acids is 9.